The molecule has 0 fully saturated rings. The van der Waals surface area contributed by atoms with E-state index in [9.17, 15) is 18.5 Å². The molecule has 0 spiro atoms. The molecule has 0 unspecified atom stereocenters. The fourth-order valence-corrected chi connectivity index (χ4v) is 3.32. The van der Waals surface area contributed by atoms with Crippen molar-refractivity contribution in [1.29, 1.82) is 0 Å². The molecule has 2 aromatic rings. The van der Waals surface area contributed by atoms with Gasteiger partial charge in [-0.2, -0.15) is 9.40 Å². The van der Waals surface area contributed by atoms with Gasteiger partial charge in [0.15, 0.2) is 4.90 Å². The normalized spacial score (nSPS) is 11.8. The number of nitro groups is 1. The van der Waals surface area contributed by atoms with Gasteiger partial charge in [-0.25, -0.2) is 8.42 Å². The van der Waals surface area contributed by atoms with Crippen LogP contribution in [0.5, 0.6) is 0 Å². The van der Waals surface area contributed by atoms with E-state index in [1.165, 1.54) is 31.3 Å². The molecular weight excluding hydrogens is 308 g/mol. The molecule has 1 heterocycles. The SMILES string of the molecule is Cc1c(CN(C)S(=O)(=O)c2ccccc2[N+](=O)[O-])cnn1C. The lowest BCUT2D eigenvalue weighted by atomic mass is 10.3. The lowest BCUT2D eigenvalue weighted by Gasteiger charge is -2.17. The molecule has 8 nitrogen and oxygen atoms in total. The minimum absolute atomic E-state index is 0.0913. The van der Waals surface area contributed by atoms with E-state index in [1.54, 1.807) is 17.9 Å². The van der Waals surface area contributed by atoms with Crippen molar-refractivity contribution < 1.29 is 13.3 Å². The summed E-state index contributed by atoms with van der Waals surface area (Å²) in [7, 11) is -0.819. The second kappa shape index (κ2) is 5.85. The van der Waals surface area contributed by atoms with E-state index in [0.717, 1.165) is 15.6 Å². The summed E-state index contributed by atoms with van der Waals surface area (Å²) >= 11 is 0. The predicted molar refractivity (Wildman–Crippen MR) is 79.7 cm³/mol. The first-order valence-electron chi connectivity index (χ1n) is 6.42. The molecule has 0 aliphatic heterocycles. The van der Waals surface area contributed by atoms with Crippen LogP contribution in [0.2, 0.25) is 0 Å². The van der Waals surface area contributed by atoms with Gasteiger partial charge in [0.2, 0.25) is 10.0 Å². The molecule has 0 bridgehead atoms. The number of nitro benzene ring substituents is 1. The number of para-hydroxylation sites is 1. The molecule has 0 atom stereocenters. The predicted octanol–water partition coefficient (Wildman–Crippen LogP) is 1.46. The van der Waals surface area contributed by atoms with Crippen molar-refractivity contribution in [2.75, 3.05) is 7.05 Å². The van der Waals surface area contributed by atoms with Crippen LogP contribution in [0.25, 0.3) is 0 Å². The largest absolute Gasteiger partial charge is 0.289 e. The fourth-order valence-electron chi connectivity index (χ4n) is 2.02. The number of rotatable bonds is 5. The fraction of sp³-hybridized carbons (Fsp3) is 0.308. The molecule has 0 aliphatic rings. The lowest BCUT2D eigenvalue weighted by Crippen LogP contribution is -2.27. The van der Waals surface area contributed by atoms with E-state index in [4.69, 9.17) is 0 Å². The summed E-state index contributed by atoms with van der Waals surface area (Å²) in [4.78, 5) is 10.0. The minimum Gasteiger partial charge on any atom is -0.273 e. The van der Waals surface area contributed by atoms with Crippen molar-refractivity contribution in [1.82, 2.24) is 14.1 Å². The number of sulfonamides is 1. The van der Waals surface area contributed by atoms with Crippen LogP contribution in [0.1, 0.15) is 11.3 Å². The Morgan fingerprint density at radius 3 is 2.55 bits per heavy atom. The van der Waals surface area contributed by atoms with Crippen LogP contribution < -0.4 is 0 Å². The Balaban J connectivity index is 2.38. The third kappa shape index (κ3) is 2.85. The van der Waals surface area contributed by atoms with Crippen LogP contribution in [0.3, 0.4) is 0 Å². The van der Waals surface area contributed by atoms with Crippen molar-refractivity contribution in [3.05, 3.63) is 51.8 Å². The highest BCUT2D eigenvalue weighted by molar-refractivity contribution is 7.89. The van der Waals surface area contributed by atoms with E-state index < -0.39 is 20.6 Å². The summed E-state index contributed by atoms with van der Waals surface area (Å²) in [5.74, 6) is 0. The van der Waals surface area contributed by atoms with Crippen molar-refractivity contribution in [3.8, 4) is 0 Å². The van der Waals surface area contributed by atoms with E-state index in [2.05, 4.69) is 5.10 Å². The van der Waals surface area contributed by atoms with E-state index in [0.29, 0.717) is 0 Å². The molecule has 0 N–H and O–H groups in total. The van der Waals surface area contributed by atoms with Crippen molar-refractivity contribution in [3.63, 3.8) is 0 Å². The Labute approximate surface area is 128 Å². The van der Waals surface area contributed by atoms with Gasteiger partial charge in [0.25, 0.3) is 5.69 Å². The van der Waals surface area contributed by atoms with E-state index in [-0.39, 0.29) is 11.4 Å². The first-order valence-corrected chi connectivity index (χ1v) is 7.86. The van der Waals surface area contributed by atoms with Crippen molar-refractivity contribution in [2.45, 2.75) is 18.4 Å². The molecular formula is C13H16N4O4S. The third-order valence-electron chi connectivity index (χ3n) is 3.48. The second-order valence-corrected chi connectivity index (χ2v) is 6.88. The number of hydrogen-bond donors (Lipinski definition) is 0. The molecule has 0 radical (unpaired) electrons. The van der Waals surface area contributed by atoms with Crippen LogP contribution in [-0.4, -0.2) is 34.5 Å². The zero-order valence-corrected chi connectivity index (χ0v) is 13.2. The minimum atomic E-state index is -3.97. The zero-order valence-electron chi connectivity index (χ0n) is 12.4. The van der Waals surface area contributed by atoms with Gasteiger partial charge in [-0.1, -0.05) is 12.1 Å². The summed E-state index contributed by atoms with van der Waals surface area (Å²) in [6, 6.07) is 5.31. The standard InChI is InChI=1S/C13H16N4O4S/c1-10-11(8-14-16(10)3)9-15(2)22(20,21)13-7-5-4-6-12(13)17(18)19/h4-8H,9H2,1-3H3. The maximum absolute atomic E-state index is 12.6. The van der Waals surface area contributed by atoms with E-state index >= 15 is 0 Å². The summed E-state index contributed by atoms with van der Waals surface area (Å²) in [6.07, 6.45) is 1.58. The molecule has 0 aliphatic carbocycles. The van der Waals surface area contributed by atoms with Gasteiger partial charge < -0.3 is 0 Å². The number of hydrogen-bond acceptors (Lipinski definition) is 5. The van der Waals surface area contributed by atoms with Crippen LogP contribution in [0.15, 0.2) is 35.4 Å². The van der Waals surface area contributed by atoms with Crippen molar-refractivity contribution >= 4 is 15.7 Å². The first kappa shape index (κ1) is 16.1. The quantitative estimate of drug-likeness (QED) is 0.612. The molecule has 22 heavy (non-hydrogen) atoms. The Morgan fingerprint density at radius 2 is 2.00 bits per heavy atom. The lowest BCUT2D eigenvalue weighted by molar-refractivity contribution is -0.387. The van der Waals surface area contributed by atoms with Crippen LogP contribution in [-0.2, 0) is 23.6 Å². The Morgan fingerprint density at radius 1 is 1.36 bits per heavy atom. The third-order valence-corrected chi connectivity index (χ3v) is 5.33. The monoisotopic (exact) mass is 324 g/mol. The van der Waals surface area contributed by atoms with Gasteiger partial charge in [-0.3, -0.25) is 14.8 Å². The molecule has 0 amide bonds. The second-order valence-electron chi connectivity index (χ2n) is 4.86. The number of aryl methyl sites for hydroxylation is 1. The first-order chi connectivity index (χ1) is 10.2. The smallest absolute Gasteiger partial charge is 0.273 e. The molecule has 1 aromatic carbocycles. The molecule has 1 aromatic heterocycles. The van der Waals surface area contributed by atoms with Crippen LogP contribution in [0, 0.1) is 17.0 Å². The average molecular weight is 324 g/mol. The molecule has 0 saturated heterocycles. The maximum atomic E-state index is 12.6. The van der Waals surface area contributed by atoms with Gasteiger partial charge in [0.05, 0.1) is 11.1 Å². The number of benzene rings is 1. The van der Waals surface area contributed by atoms with Crippen molar-refractivity contribution in [2.24, 2.45) is 7.05 Å². The summed E-state index contributed by atoms with van der Waals surface area (Å²) in [5, 5.41) is 15.1. The van der Waals surface area contributed by atoms with Crippen LogP contribution in [0.4, 0.5) is 5.69 Å². The number of nitrogens with zero attached hydrogens (tertiary/aromatic N) is 4. The van der Waals surface area contributed by atoms with Gasteiger partial charge in [0.1, 0.15) is 0 Å². The van der Waals surface area contributed by atoms with Gasteiger partial charge in [0, 0.05) is 38.0 Å². The van der Waals surface area contributed by atoms with E-state index in [1.807, 2.05) is 6.92 Å². The Kier molecular flexibility index (Phi) is 4.29. The van der Waals surface area contributed by atoms with Gasteiger partial charge in [-0.15, -0.1) is 0 Å². The van der Waals surface area contributed by atoms with Gasteiger partial charge >= 0.3 is 0 Å². The number of aromatic nitrogens is 2. The maximum Gasteiger partial charge on any atom is 0.289 e. The topological polar surface area (TPSA) is 98.3 Å². The summed E-state index contributed by atoms with van der Waals surface area (Å²) in [6.45, 7) is 1.92. The highest BCUT2D eigenvalue weighted by atomic mass is 32.2. The van der Waals surface area contributed by atoms with Gasteiger partial charge in [-0.05, 0) is 13.0 Å². The highest BCUT2D eigenvalue weighted by Gasteiger charge is 2.29. The highest BCUT2D eigenvalue weighted by Crippen LogP contribution is 2.26. The zero-order chi connectivity index (χ0) is 16.5. The van der Waals surface area contributed by atoms with Crippen LogP contribution >= 0.6 is 0 Å². The molecule has 0 saturated carbocycles. The Hall–Kier alpha value is -2.26. The average Bonchev–Trinajstić information content (AvgIpc) is 2.79. The molecule has 118 valence electrons. The summed E-state index contributed by atoms with van der Waals surface area (Å²) < 4.78 is 27.9. The Bertz CT molecular complexity index is 813. The summed E-state index contributed by atoms with van der Waals surface area (Å²) in [5.41, 5.74) is 1.15. The molecule has 2 rings (SSSR count). The molecule has 9 heteroatoms.